The van der Waals surface area contributed by atoms with Crippen LogP contribution in [-0.4, -0.2) is 98.3 Å². The van der Waals surface area contributed by atoms with Crippen LogP contribution in [0.15, 0.2) is 0 Å². The molecule has 0 bridgehead atoms. The maximum absolute atomic E-state index is 12.3. The van der Waals surface area contributed by atoms with E-state index in [9.17, 15) is 4.79 Å². The highest BCUT2D eigenvalue weighted by atomic mass is 16.5. The molecular weight excluding hydrogens is 360 g/mol. The number of nitrogens with zero attached hydrogens (tertiary/aromatic N) is 2. The summed E-state index contributed by atoms with van der Waals surface area (Å²) in [5, 5.41) is 0. The van der Waals surface area contributed by atoms with Crippen LogP contribution in [0, 0.1) is 0 Å². The molecule has 0 N–H and O–H groups in total. The number of likely N-dealkylation sites (tertiary alicyclic amines) is 1. The van der Waals surface area contributed by atoms with Gasteiger partial charge in [0.1, 0.15) is 6.61 Å². The number of hydrogen-bond donors (Lipinski definition) is 0. The molecule has 2 aliphatic heterocycles. The molecule has 1 amide bonds. The third-order valence-electron chi connectivity index (χ3n) is 5.16. The van der Waals surface area contributed by atoms with E-state index in [-0.39, 0.29) is 42.0 Å². The predicted octanol–water partition coefficient (Wildman–Crippen LogP) is 1.93. The Labute approximate surface area is 170 Å². The lowest BCUT2D eigenvalue weighted by Gasteiger charge is -2.39. The van der Waals surface area contributed by atoms with Crippen molar-refractivity contribution in [3.63, 3.8) is 0 Å². The van der Waals surface area contributed by atoms with Gasteiger partial charge < -0.3 is 23.8 Å². The first-order valence-electron chi connectivity index (χ1n) is 10.4. The van der Waals surface area contributed by atoms with Gasteiger partial charge in [0.2, 0.25) is 5.91 Å². The topological polar surface area (TPSA) is 60.5 Å². The van der Waals surface area contributed by atoms with E-state index in [0.717, 1.165) is 19.5 Å². The van der Waals surface area contributed by atoms with Crippen LogP contribution in [0.3, 0.4) is 0 Å². The first-order chi connectivity index (χ1) is 13.0. The molecule has 2 aliphatic rings. The fourth-order valence-electron chi connectivity index (χ4n) is 3.73. The van der Waals surface area contributed by atoms with Crippen LogP contribution < -0.4 is 0 Å². The Morgan fingerprint density at radius 2 is 1.61 bits per heavy atom. The summed E-state index contributed by atoms with van der Waals surface area (Å²) in [6, 6.07) is 0.229. The molecule has 2 heterocycles. The molecule has 2 saturated heterocycles. The van der Waals surface area contributed by atoms with Crippen molar-refractivity contribution < 1.29 is 23.7 Å². The molecule has 0 spiro atoms. The van der Waals surface area contributed by atoms with Gasteiger partial charge in [-0.2, -0.15) is 0 Å². The minimum atomic E-state index is -0.199. The van der Waals surface area contributed by atoms with Crippen molar-refractivity contribution in [2.45, 2.75) is 77.4 Å². The van der Waals surface area contributed by atoms with Crippen molar-refractivity contribution in [3.05, 3.63) is 0 Å². The molecule has 7 heteroatoms. The summed E-state index contributed by atoms with van der Waals surface area (Å²) in [4.78, 5) is 16.6. The average Bonchev–Trinajstić information content (AvgIpc) is 2.97. The summed E-state index contributed by atoms with van der Waals surface area (Å²) < 4.78 is 23.3. The lowest BCUT2D eigenvalue weighted by molar-refractivity contribution is -0.155. The third-order valence-corrected chi connectivity index (χ3v) is 5.16. The fourth-order valence-corrected chi connectivity index (χ4v) is 3.73. The number of amides is 1. The minimum Gasteiger partial charge on any atom is -0.380 e. The standard InChI is InChI=1S/C21H40N2O5/c1-20(2,3)27-10-8-22-13-16(25-7)12-17(22)18-14-23(19(24)15-26-18)9-11-28-21(4,5)6/h16-18H,8-15H2,1-7H3. The number of methoxy groups -OCH3 is 1. The minimum absolute atomic E-state index is 0.0119. The van der Waals surface area contributed by atoms with E-state index in [1.165, 1.54) is 0 Å². The molecule has 164 valence electrons. The Balaban J connectivity index is 1.92. The highest BCUT2D eigenvalue weighted by molar-refractivity contribution is 5.78. The summed E-state index contributed by atoms with van der Waals surface area (Å²) in [7, 11) is 1.76. The van der Waals surface area contributed by atoms with Crippen LogP contribution in [0.1, 0.15) is 48.0 Å². The predicted molar refractivity (Wildman–Crippen MR) is 109 cm³/mol. The SMILES string of the molecule is COC1CC(C2CN(CCOC(C)(C)C)C(=O)CO2)N(CCOC(C)(C)C)C1. The Bertz CT molecular complexity index is 500. The Hall–Kier alpha value is -0.730. The normalized spacial score (nSPS) is 27.6. The second-order valence-corrected chi connectivity index (χ2v) is 9.77. The van der Waals surface area contributed by atoms with Gasteiger partial charge in [-0.05, 0) is 48.0 Å². The van der Waals surface area contributed by atoms with Gasteiger partial charge in [0.25, 0.3) is 0 Å². The second kappa shape index (κ2) is 9.85. The van der Waals surface area contributed by atoms with Crippen LogP contribution in [0.5, 0.6) is 0 Å². The van der Waals surface area contributed by atoms with E-state index in [4.69, 9.17) is 18.9 Å². The molecule has 2 rings (SSSR count). The summed E-state index contributed by atoms with van der Waals surface area (Å²) in [6.45, 7) is 16.5. The van der Waals surface area contributed by atoms with E-state index in [0.29, 0.717) is 26.3 Å². The Morgan fingerprint density at radius 1 is 1.00 bits per heavy atom. The van der Waals surface area contributed by atoms with Crippen LogP contribution in [-0.2, 0) is 23.7 Å². The summed E-state index contributed by atoms with van der Waals surface area (Å²) in [5.41, 5.74) is -0.344. The van der Waals surface area contributed by atoms with Gasteiger partial charge in [-0.15, -0.1) is 0 Å². The molecular formula is C21H40N2O5. The monoisotopic (exact) mass is 400 g/mol. The number of morpholine rings is 1. The number of hydrogen-bond acceptors (Lipinski definition) is 6. The number of carbonyl (C=O) groups is 1. The molecule has 0 radical (unpaired) electrons. The maximum Gasteiger partial charge on any atom is 0.248 e. The van der Waals surface area contributed by atoms with Crippen molar-refractivity contribution in [1.29, 1.82) is 0 Å². The Kier molecular flexibility index (Phi) is 8.28. The lowest BCUT2D eigenvalue weighted by Crippen LogP contribution is -2.55. The quantitative estimate of drug-likeness (QED) is 0.621. The van der Waals surface area contributed by atoms with E-state index >= 15 is 0 Å². The summed E-state index contributed by atoms with van der Waals surface area (Å²) in [5.74, 6) is 0.0395. The van der Waals surface area contributed by atoms with Crippen LogP contribution in [0.4, 0.5) is 0 Å². The van der Waals surface area contributed by atoms with Gasteiger partial charge in [0, 0.05) is 39.3 Å². The van der Waals surface area contributed by atoms with E-state index < -0.39 is 0 Å². The Morgan fingerprint density at radius 3 is 2.18 bits per heavy atom. The molecule has 7 nitrogen and oxygen atoms in total. The molecule has 0 aromatic rings. The third kappa shape index (κ3) is 7.59. The van der Waals surface area contributed by atoms with Crippen molar-refractivity contribution in [2.24, 2.45) is 0 Å². The van der Waals surface area contributed by atoms with E-state index in [1.807, 2.05) is 25.7 Å². The second-order valence-electron chi connectivity index (χ2n) is 9.77. The maximum atomic E-state index is 12.3. The van der Waals surface area contributed by atoms with E-state index in [2.05, 4.69) is 25.7 Å². The highest BCUT2D eigenvalue weighted by Crippen LogP contribution is 2.26. The zero-order valence-electron chi connectivity index (χ0n) is 18.8. The van der Waals surface area contributed by atoms with E-state index in [1.54, 1.807) is 7.11 Å². The lowest BCUT2D eigenvalue weighted by atomic mass is 10.1. The zero-order chi connectivity index (χ0) is 20.9. The molecule has 28 heavy (non-hydrogen) atoms. The molecule has 0 aromatic carbocycles. The van der Waals surface area contributed by atoms with Gasteiger partial charge in [-0.1, -0.05) is 0 Å². The zero-order valence-corrected chi connectivity index (χ0v) is 18.8. The number of carbonyl (C=O) groups excluding carboxylic acids is 1. The molecule has 2 fully saturated rings. The fraction of sp³-hybridized carbons (Fsp3) is 0.952. The summed E-state index contributed by atoms with van der Waals surface area (Å²) in [6.07, 6.45) is 1.10. The van der Waals surface area contributed by atoms with Crippen LogP contribution in [0.25, 0.3) is 0 Å². The van der Waals surface area contributed by atoms with Crippen molar-refractivity contribution in [3.8, 4) is 0 Å². The molecule has 0 aromatic heterocycles. The molecule has 0 aliphatic carbocycles. The number of rotatable bonds is 8. The van der Waals surface area contributed by atoms with Gasteiger partial charge in [0.15, 0.2) is 0 Å². The van der Waals surface area contributed by atoms with Gasteiger partial charge in [-0.25, -0.2) is 0 Å². The van der Waals surface area contributed by atoms with Crippen molar-refractivity contribution >= 4 is 5.91 Å². The van der Waals surface area contributed by atoms with Gasteiger partial charge in [0.05, 0.1) is 36.6 Å². The number of ether oxygens (including phenoxy) is 4. The van der Waals surface area contributed by atoms with Crippen molar-refractivity contribution in [1.82, 2.24) is 9.80 Å². The van der Waals surface area contributed by atoms with Gasteiger partial charge in [-0.3, -0.25) is 9.69 Å². The van der Waals surface area contributed by atoms with Gasteiger partial charge >= 0.3 is 0 Å². The van der Waals surface area contributed by atoms with Crippen molar-refractivity contribution in [2.75, 3.05) is 53.1 Å². The summed E-state index contributed by atoms with van der Waals surface area (Å²) >= 11 is 0. The first-order valence-corrected chi connectivity index (χ1v) is 10.4. The highest BCUT2D eigenvalue weighted by Gasteiger charge is 2.41. The molecule has 0 saturated carbocycles. The smallest absolute Gasteiger partial charge is 0.248 e. The van der Waals surface area contributed by atoms with Crippen LogP contribution in [0.2, 0.25) is 0 Å². The molecule has 3 atom stereocenters. The first kappa shape index (κ1) is 23.5. The largest absolute Gasteiger partial charge is 0.380 e. The average molecular weight is 401 g/mol. The van der Waals surface area contributed by atoms with Crippen LogP contribution >= 0.6 is 0 Å². The molecule has 3 unspecified atom stereocenters.